The summed E-state index contributed by atoms with van der Waals surface area (Å²) in [5.74, 6) is 1.43. The van der Waals surface area contributed by atoms with Crippen molar-refractivity contribution >= 4 is 11.6 Å². The molecule has 0 fully saturated rings. The van der Waals surface area contributed by atoms with Crippen molar-refractivity contribution < 1.29 is 4.74 Å². The summed E-state index contributed by atoms with van der Waals surface area (Å²) in [6, 6.07) is 5.65. The summed E-state index contributed by atoms with van der Waals surface area (Å²) in [4.78, 5) is 0. The zero-order chi connectivity index (χ0) is 12.7. The van der Waals surface area contributed by atoms with Gasteiger partial charge in [-0.05, 0) is 43.6 Å². The number of benzene rings is 1. The molecule has 0 aliphatic carbocycles. The topological polar surface area (TPSA) is 47.3 Å². The second kappa shape index (κ2) is 7.54. The summed E-state index contributed by atoms with van der Waals surface area (Å²) >= 11 is 5.96. The molecular formula is C13H21ClN2O. The van der Waals surface area contributed by atoms with Gasteiger partial charge in [-0.3, -0.25) is 0 Å². The monoisotopic (exact) mass is 256 g/mol. The quantitative estimate of drug-likeness (QED) is 0.737. The molecule has 1 aromatic rings. The van der Waals surface area contributed by atoms with E-state index in [1.54, 1.807) is 7.11 Å². The molecule has 0 bridgehead atoms. The van der Waals surface area contributed by atoms with Crippen LogP contribution in [0.25, 0.3) is 0 Å². The second-order valence-corrected chi connectivity index (χ2v) is 4.70. The van der Waals surface area contributed by atoms with Crippen LogP contribution in [0.1, 0.15) is 18.9 Å². The predicted molar refractivity (Wildman–Crippen MR) is 72.5 cm³/mol. The van der Waals surface area contributed by atoms with E-state index in [2.05, 4.69) is 12.2 Å². The molecule has 3 N–H and O–H groups in total. The van der Waals surface area contributed by atoms with E-state index in [1.807, 2.05) is 18.2 Å². The van der Waals surface area contributed by atoms with Gasteiger partial charge in [-0.2, -0.15) is 0 Å². The molecule has 1 aromatic carbocycles. The number of ether oxygens (including phenoxy) is 1. The van der Waals surface area contributed by atoms with E-state index in [0.29, 0.717) is 5.92 Å². The predicted octanol–water partition coefficient (Wildman–Crippen LogP) is 2.42. The molecule has 0 aliphatic heterocycles. The van der Waals surface area contributed by atoms with Gasteiger partial charge < -0.3 is 15.8 Å². The number of methoxy groups -OCH3 is 1. The molecule has 0 spiro atoms. The first kappa shape index (κ1) is 14.3. The third-order valence-corrected chi connectivity index (χ3v) is 3.01. The lowest BCUT2D eigenvalue weighted by Gasteiger charge is -2.12. The minimum Gasteiger partial charge on any atom is -0.496 e. The van der Waals surface area contributed by atoms with E-state index in [9.17, 15) is 0 Å². The van der Waals surface area contributed by atoms with Crippen LogP contribution in [0, 0.1) is 5.92 Å². The van der Waals surface area contributed by atoms with Gasteiger partial charge in [0.15, 0.2) is 0 Å². The zero-order valence-electron chi connectivity index (χ0n) is 10.5. The number of halogens is 1. The van der Waals surface area contributed by atoms with Crippen molar-refractivity contribution in [3.8, 4) is 5.75 Å². The van der Waals surface area contributed by atoms with Gasteiger partial charge in [0.05, 0.1) is 7.11 Å². The normalized spacial score (nSPS) is 12.5. The van der Waals surface area contributed by atoms with Crippen LogP contribution in [0.15, 0.2) is 18.2 Å². The van der Waals surface area contributed by atoms with E-state index in [4.69, 9.17) is 22.1 Å². The van der Waals surface area contributed by atoms with Crippen molar-refractivity contribution in [2.24, 2.45) is 11.7 Å². The third-order valence-electron chi connectivity index (χ3n) is 2.77. The number of hydrogen-bond acceptors (Lipinski definition) is 3. The van der Waals surface area contributed by atoms with Crippen molar-refractivity contribution in [1.29, 1.82) is 0 Å². The average molecular weight is 257 g/mol. The van der Waals surface area contributed by atoms with Gasteiger partial charge in [0.1, 0.15) is 5.75 Å². The van der Waals surface area contributed by atoms with E-state index < -0.39 is 0 Å². The first-order valence-corrected chi connectivity index (χ1v) is 6.28. The van der Waals surface area contributed by atoms with Crippen LogP contribution in [0.3, 0.4) is 0 Å². The van der Waals surface area contributed by atoms with Crippen molar-refractivity contribution in [2.75, 3.05) is 20.2 Å². The largest absolute Gasteiger partial charge is 0.496 e. The van der Waals surface area contributed by atoms with Gasteiger partial charge in [-0.1, -0.05) is 18.5 Å². The third kappa shape index (κ3) is 4.94. The highest BCUT2D eigenvalue weighted by Gasteiger charge is 2.04. The molecule has 1 atom stereocenters. The maximum atomic E-state index is 5.96. The molecular weight excluding hydrogens is 236 g/mol. The minimum atomic E-state index is 0.559. The minimum absolute atomic E-state index is 0.559. The molecule has 0 heterocycles. The summed E-state index contributed by atoms with van der Waals surface area (Å²) in [5, 5.41) is 4.11. The lowest BCUT2D eigenvalue weighted by Crippen LogP contribution is -2.20. The Morgan fingerprint density at radius 3 is 2.88 bits per heavy atom. The Balaban J connectivity index is 2.42. The summed E-state index contributed by atoms with van der Waals surface area (Å²) in [6.45, 7) is 4.61. The van der Waals surface area contributed by atoms with Crippen LogP contribution in [0.2, 0.25) is 5.02 Å². The van der Waals surface area contributed by atoms with Crippen LogP contribution >= 0.6 is 11.6 Å². The number of nitrogens with two attached hydrogens (primary N) is 1. The summed E-state index contributed by atoms with van der Waals surface area (Å²) in [6.07, 6.45) is 1.08. The van der Waals surface area contributed by atoms with Gasteiger partial charge in [-0.25, -0.2) is 0 Å². The molecule has 17 heavy (non-hydrogen) atoms. The van der Waals surface area contributed by atoms with Crippen LogP contribution in [-0.4, -0.2) is 20.2 Å². The van der Waals surface area contributed by atoms with Crippen LogP contribution < -0.4 is 15.8 Å². The Hall–Kier alpha value is -0.770. The Morgan fingerprint density at radius 2 is 2.24 bits per heavy atom. The van der Waals surface area contributed by atoms with E-state index in [0.717, 1.165) is 42.4 Å². The Bertz CT molecular complexity index is 344. The summed E-state index contributed by atoms with van der Waals surface area (Å²) < 4.78 is 5.28. The van der Waals surface area contributed by atoms with Crippen molar-refractivity contribution in [1.82, 2.24) is 5.32 Å². The fourth-order valence-electron chi connectivity index (χ4n) is 1.57. The van der Waals surface area contributed by atoms with Crippen molar-refractivity contribution in [3.05, 3.63) is 28.8 Å². The molecule has 0 amide bonds. The smallest absolute Gasteiger partial charge is 0.123 e. The first-order chi connectivity index (χ1) is 8.17. The Kier molecular flexibility index (Phi) is 6.34. The number of rotatable bonds is 7. The second-order valence-electron chi connectivity index (χ2n) is 4.26. The number of hydrogen-bond donors (Lipinski definition) is 2. The fourth-order valence-corrected chi connectivity index (χ4v) is 1.77. The zero-order valence-corrected chi connectivity index (χ0v) is 11.3. The molecule has 0 saturated carbocycles. The SMILES string of the molecule is COc1ccc(Cl)cc1CNCCC(C)CN. The summed E-state index contributed by atoms with van der Waals surface area (Å²) in [5.41, 5.74) is 6.65. The van der Waals surface area contributed by atoms with Crippen LogP contribution in [0.5, 0.6) is 5.75 Å². The fraction of sp³-hybridized carbons (Fsp3) is 0.538. The Morgan fingerprint density at radius 1 is 1.47 bits per heavy atom. The molecule has 1 rings (SSSR count). The lowest BCUT2D eigenvalue weighted by atomic mass is 10.1. The first-order valence-electron chi connectivity index (χ1n) is 5.90. The van der Waals surface area contributed by atoms with Gasteiger partial charge in [0, 0.05) is 17.1 Å². The van der Waals surface area contributed by atoms with Gasteiger partial charge >= 0.3 is 0 Å². The van der Waals surface area contributed by atoms with Gasteiger partial charge in [-0.15, -0.1) is 0 Å². The molecule has 0 radical (unpaired) electrons. The van der Waals surface area contributed by atoms with Crippen molar-refractivity contribution in [3.63, 3.8) is 0 Å². The standard InChI is InChI=1S/C13H21ClN2O/c1-10(8-15)5-6-16-9-11-7-12(14)3-4-13(11)17-2/h3-4,7,10,16H,5-6,8-9,15H2,1-2H3. The highest BCUT2D eigenvalue weighted by Crippen LogP contribution is 2.22. The van der Waals surface area contributed by atoms with Crippen molar-refractivity contribution in [2.45, 2.75) is 19.9 Å². The highest BCUT2D eigenvalue weighted by molar-refractivity contribution is 6.30. The molecule has 3 nitrogen and oxygen atoms in total. The Labute approximate surface area is 108 Å². The number of nitrogens with one attached hydrogen (secondary N) is 1. The lowest BCUT2D eigenvalue weighted by molar-refractivity contribution is 0.407. The van der Waals surface area contributed by atoms with Crippen LogP contribution in [-0.2, 0) is 6.54 Å². The van der Waals surface area contributed by atoms with E-state index >= 15 is 0 Å². The molecule has 0 saturated heterocycles. The molecule has 4 heteroatoms. The molecule has 96 valence electrons. The molecule has 0 aromatic heterocycles. The average Bonchev–Trinajstić information content (AvgIpc) is 2.34. The molecule has 1 unspecified atom stereocenters. The van der Waals surface area contributed by atoms with Gasteiger partial charge in [0.2, 0.25) is 0 Å². The maximum absolute atomic E-state index is 5.96. The molecule has 0 aliphatic rings. The van der Waals surface area contributed by atoms with Crippen LogP contribution in [0.4, 0.5) is 0 Å². The summed E-state index contributed by atoms with van der Waals surface area (Å²) in [7, 11) is 1.67. The van der Waals surface area contributed by atoms with E-state index in [-0.39, 0.29) is 0 Å². The maximum Gasteiger partial charge on any atom is 0.123 e. The van der Waals surface area contributed by atoms with Gasteiger partial charge in [0.25, 0.3) is 0 Å². The highest BCUT2D eigenvalue weighted by atomic mass is 35.5. The van der Waals surface area contributed by atoms with E-state index in [1.165, 1.54) is 0 Å².